The topological polar surface area (TPSA) is 39.5 Å². The number of nitriles is 1. The van der Waals surface area contributed by atoms with Crippen molar-refractivity contribution in [2.75, 3.05) is 39.8 Å². The predicted octanol–water partition coefficient (Wildman–Crippen LogP) is 1.99. The summed E-state index contributed by atoms with van der Waals surface area (Å²) in [5, 5.41) is 9.42. The van der Waals surface area contributed by atoms with Crippen LogP contribution in [0.1, 0.15) is 5.56 Å². The minimum atomic E-state index is 0.522. The first-order chi connectivity index (χ1) is 9.22. The van der Waals surface area contributed by atoms with Crippen molar-refractivity contribution in [2.24, 2.45) is 0 Å². The third-order valence-electron chi connectivity index (χ3n) is 3.40. The molecule has 4 nitrogen and oxygen atoms in total. The zero-order valence-electron chi connectivity index (χ0n) is 11.1. The highest BCUT2D eigenvalue weighted by Crippen LogP contribution is 2.24. The minimum absolute atomic E-state index is 0.522. The summed E-state index contributed by atoms with van der Waals surface area (Å²) >= 11 is 6.04. The van der Waals surface area contributed by atoms with Crippen LogP contribution in [-0.4, -0.2) is 49.6 Å². The lowest BCUT2D eigenvalue weighted by Crippen LogP contribution is -2.45. The molecule has 0 atom stereocenters. The highest BCUT2D eigenvalue weighted by atomic mass is 35.5. The van der Waals surface area contributed by atoms with Crippen molar-refractivity contribution in [2.45, 2.75) is 6.54 Å². The van der Waals surface area contributed by atoms with Crippen LogP contribution in [0.25, 0.3) is 0 Å². The summed E-state index contributed by atoms with van der Waals surface area (Å²) in [7, 11) is 1.68. The minimum Gasteiger partial charge on any atom is -0.496 e. The quantitative estimate of drug-likeness (QED) is 0.790. The van der Waals surface area contributed by atoms with Gasteiger partial charge >= 0.3 is 0 Å². The second-order valence-electron chi connectivity index (χ2n) is 4.67. The van der Waals surface area contributed by atoms with E-state index in [1.54, 1.807) is 7.11 Å². The van der Waals surface area contributed by atoms with E-state index >= 15 is 0 Å². The number of halogens is 1. The van der Waals surface area contributed by atoms with Gasteiger partial charge in [-0.15, -0.1) is 0 Å². The van der Waals surface area contributed by atoms with E-state index in [9.17, 15) is 0 Å². The third kappa shape index (κ3) is 3.84. The molecule has 0 saturated carbocycles. The molecule has 0 bridgehead atoms. The Hall–Kier alpha value is -1.28. The van der Waals surface area contributed by atoms with Crippen molar-refractivity contribution in [3.63, 3.8) is 0 Å². The molecule has 0 aliphatic carbocycles. The van der Waals surface area contributed by atoms with Gasteiger partial charge in [0, 0.05) is 43.3 Å². The Labute approximate surface area is 119 Å². The maximum Gasteiger partial charge on any atom is 0.123 e. The van der Waals surface area contributed by atoms with Crippen LogP contribution in [0.15, 0.2) is 18.2 Å². The number of benzene rings is 1. The monoisotopic (exact) mass is 279 g/mol. The summed E-state index contributed by atoms with van der Waals surface area (Å²) in [6.45, 7) is 5.18. The fourth-order valence-electron chi connectivity index (χ4n) is 2.32. The number of nitrogens with zero attached hydrogens (tertiary/aromatic N) is 3. The van der Waals surface area contributed by atoms with Gasteiger partial charge in [-0.05, 0) is 18.2 Å². The molecule has 0 amide bonds. The van der Waals surface area contributed by atoms with Crippen molar-refractivity contribution in [1.82, 2.24) is 9.80 Å². The van der Waals surface area contributed by atoms with Crippen molar-refractivity contribution < 1.29 is 4.74 Å². The van der Waals surface area contributed by atoms with Gasteiger partial charge in [-0.3, -0.25) is 9.80 Å². The Bertz CT molecular complexity index is 464. The first-order valence-electron chi connectivity index (χ1n) is 6.37. The molecule has 0 aromatic heterocycles. The first-order valence-corrected chi connectivity index (χ1v) is 6.75. The molecule has 1 saturated heterocycles. The summed E-state index contributed by atoms with van der Waals surface area (Å²) in [4.78, 5) is 4.54. The SMILES string of the molecule is COc1ccc(Cl)cc1CN1CCN(CC#N)CC1. The summed E-state index contributed by atoms with van der Waals surface area (Å²) < 4.78 is 5.36. The van der Waals surface area contributed by atoms with Gasteiger partial charge in [-0.2, -0.15) is 5.26 Å². The molecule has 1 fully saturated rings. The second-order valence-corrected chi connectivity index (χ2v) is 5.10. The second kappa shape index (κ2) is 6.76. The van der Waals surface area contributed by atoms with Crippen LogP contribution in [0, 0.1) is 11.3 Å². The van der Waals surface area contributed by atoms with Crippen molar-refractivity contribution in [1.29, 1.82) is 5.26 Å². The number of ether oxygens (including phenoxy) is 1. The molecular weight excluding hydrogens is 262 g/mol. The molecule has 0 N–H and O–H groups in total. The van der Waals surface area contributed by atoms with Crippen LogP contribution in [0.3, 0.4) is 0 Å². The average molecular weight is 280 g/mol. The fraction of sp³-hybridized carbons (Fsp3) is 0.500. The number of hydrogen-bond acceptors (Lipinski definition) is 4. The largest absolute Gasteiger partial charge is 0.496 e. The number of methoxy groups -OCH3 is 1. The standard InChI is InChI=1S/C14H18ClN3O/c1-19-14-3-2-13(15)10-12(14)11-18-8-6-17(5-4-16)7-9-18/h2-3,10H,5-9,11H2,1H3. The summed E-state index contributed by atoms with van der Waals surface area (Å²) in [5.74, 6) is 0.879. The van der Waals surface area contributed by atoms with E-state index in [0.29, 0.717) is 6.54 Å². The van der Waals surface area contributed by atoms with Crippen LogP contribution in [0.2, 0.25) is 5.02 Å². The van der Waals surface area contributed by atoms with Crippen LogP contribution in [-0.2, 0) is 6.54 Å². The summed E-state index contributed by atoms with van der Waals surface area (Å²) in [5.41, 5.74) is 1.11. The molecule has 0 unspecified atom stereocenters. The molecule has 1 aliphatic rings. The normalized spacial score (nSPS) is 17.1. The van der Waals surface area contributed by atoms with Crippen LogP contribution in [0.5, 0.6) is 5.75 Å². The van der Waals surface area contributed by atoms with E-state index in [1.165, 1.54) is 0 Å². The Morgan fingerprint density at radius 1 is 1.26 bits per heavy atom. The Kier molecular flexibility index (Phi) is 5.03. The molecule has 1 heterocycles. The Morgan fingerprint density at radius 3 is 2.58 bits per heavy atom. The molecule has 19 heavy (non-hydrogen) atoms. The smallest absolute Gasteiger partial charge is 0.123 e. The zero-order valence-corrected chi connectivity index (χ0v) is 11.9. The lowest BCUT2D eigenvalue weighted by molar-refractivity contribution is 0.137. The van der Waals surface area contributed by atoms with Gasteiger partial charge in [-0.25, -0.2) is 0 Å². The van der Waals surface area contributed by atoms with E-state index in [-0.39, 0.29) is 0 Å². The lowest BCUT2D eigenvalue weighted by Gasteiger charge is -2.33. The van der Waals surface area contributed by atoms with E-state index in [0.717, 1.165) is 49.1 Å². The molecule has 1 aromatic rings. The first kappa shape index (κ1) is 14.1. The van der Waals surface area contributed by atoms with Gasteiger partial charge in [0.15, 0.2) is 0 Å². The fourth-order valence-corrected chi connectivity index (χ4v) is 2.51. The molecule has 1 aliphatic heterocycles. The summed E-state index contributed by atoms with van der Waals surface area (Å²) in [6, 6.07) is 7.91. The predicted molar refractivity (Wildman–Crippen MR) is 75.3 cm³/mol. The molecule has 0 spiro atoms. The van der Waals surface area contributed by atoms with E-state index in [4.69, 9.17) is 21.6 Å². The van der Waals surface area contributed by atoms with Gasteiger partial charge in [0.05, 0.1) is 19.7 Å². The number of rotatable bonds is 4. The molecule has 0 radical (unpaired) electrons. The van der Waals surface area contributed by atoms with Crippen molar-refractivity contribution >= 4 is 11.6 Å². The summed E-state index contributed by atoms with van der Waals surface area (Å²) in [6.07, 6.45) is 0. The van der Waals surface area contributed by atoms with Crippen molar-refractivity contribution in [3.05, 3.63) is 28.8 Å². The van der Waals surface area contributed by atoms with E-state index < -0.39 is 0 Å². The molecular formula is C14H18ClN3O. The zero-order chi connectivity index (χ0) is 13.7. The van der Waals surface area contributed by atoms with Crippen LogP contribution < -0.4 is 4.74 Å². The number of piperazine rings is 1. The lowest BCUT2D eigenvalue weighted by atomic mass is 10.1. The Morgan fingerprint density at radius 2 is 1.95 bits per heavy atom. The molecule has 2 rings (SSSR count). The van der Waals surface area contributed by atoms with E-state index in [1.807, 2.05) is 18.2 Å². The maximum atomic E-state index is 8.68. The van der Waals surface area contributed by atoms with Crippen molar-refractivity contribution in [3.8, 4) is 11.8 Å². The van der Waals surface area contributed by atoms with E-state index in [2.05, 4.69) is 15.9 Å². The Balaban J connectivity index is 1.95. The van der Waals surface area contributed by atoms with Gasteiger partial charge in [-0.1, -0.05) is 11.6 Å². The highest BCUT2D eigenvalue weighted by Gasteiger charge is 2.17. The van der Waals surface area contributed by atoms with Gasteiger partial charge in [0.25, 0.3) is 0 Å². The van der Waals surface area contributed by atoms with Gasteiger partial charge < -0.3 is 4.74 Å². The maximum absolute atomic E-state index is 8.68. The third-order valence-corrected chi connectivity index (χ3v) is 3.63. The van der Waals surface area contributed by atoms with Crippen LogP contribution in [0.4, 0.5) is 0 Å². The molecule has 102 valence electrons. The average Bonchev–Trinajstić information content (AvgIpc) is 2.42. The van der Waals surface area contributed by atoms with Gasteiger partial charge in [0.2, 0.25) is 0 Å². The molecule has 1 aromatic carbocycles. The van der Waals surface area contributed by atoms with Crippen LogP contribution >= 0.6 is 11.6 Å². The number of hydrogen-bond donors (Lipinski definition) is 0. The highest BCUT2D eigenvalue weighted by molar-refractivity contribution is 6.30. The van der Waals surface area contributed by atoms with Gasteiger partial charge in [0.1, 0.15) is 5.75 Å². The molecule has 5 heteroatoms.